The molecule has 2 rings (SSSR count). The van der Waals surface area contributed by atoms with Crippen LogP contribution >= 0.6 is 0 Å². The van der Waals surface area contributed by atoms with Crippen LogP contribution in [0.1, 0.15) is 6.92 Å². The molecule has 2 fully saturated rings. The van der Waals surface area contributed by atoms with Crippen LogP contribution in [0.2, 0.25) is 0 Å². The summed E-state index contributed by atoms with van der Waals surface area (Å²) < 4.78 is 29.5. The second kappa shape index (κ2) is 7.41. The lowest BCUT2D eigenvalue weighted by Crippen LogP contribution is -2.67. The van der Waals surface area contributed by atoms with E-state index in [0.29, 0.717) is 0 Å². The Morgan fingerprint density at radius 3 is 2.04 bits per heavy atom. The van der Waals surface area contributed by atoms with Crippen molar-refractivity contribution in [1.29, 1.82) is 0 Å². The third kappa shape index (κ3) is 3.42. The van der Waals surface area contributed by atoms with Crippen LogP contribution in [0.15, 0.2) is 0 Å². The first-order valence-corrected chi connectivity index (χ1v) is 7.43. The van der Waals surface area contributed by atoms with Crippen LogP contribution in [-0.2, 0) is 14.2 Å². The molecular formula is C13H23FO10. The van der Waals surface area contributed by atoms with Gasteiger partial charge in [-0.05, 0) is 6.92 Å². The third-order valence-electron chi connectivity index (χ3n) is 4.31. The molecule has 2 saturated heterocycles. The highest BCUT2D eigenvalue weighted by Crippen LogP contribution is 2.35. The number of aliphatic hydroxyl groups excluding tert-OH is 7. The molecule has 24 heavy (non-hydrogen) atoms. The Kier molecular flexibility index (Phi) is 6.13. The van der Waals surface area contributed by atoms with Crippen molar-refractivity contribution in [3.8, 4) is 0 Å². The Morgan fingerprint density at radius 2 is 1.50 bits per heavy atom. The zero-order valence-electron chi connectivity index (χ0n) is 12.8. The maximum Gasteiger partial charge on any atom is 0.197 e. The van der Waals surface area contributed by atoms with Crippen molar-refractivity contribution in [2.45, 2.75) is 67.9 Å². The topological polar surface area (TPSA) is 169 Å². The highest BCUT2D eigenvalue weighted by molar-refractivity contribution is 4.97. The molecule has 0 radical (unpaired) electrons. The highest BCUT2D eigenvalue weighted by atomic mass is 19.1. The van der Waals surface area contributed by atoms with Crippen LogP contribution in [-0.4, -0.2) is 110 Å². The Hall–Kier alpha value is -0.470. The van der Waals surface area contributed by atoms with Crippen LogP contribution in [0.5, 0.6) is 0 Å². The standard InChI is InChI=1S/C13H23FO10/c1-13(11(21)10(20)8(18)5(3-16)23-13)24-12-9(19)6(14)7(17)4(2-15)22-12/h4-12,15-21H,2-3H2,1H3/t4-,5-,6+,7-,8-,9-,10+,11-,12-,13-/m1/s1. The van der Waals surface area contributed by atoms with E-state index in [2.05, 4.69) is 0 Å². The maximum atomic E-state index is 13.9. The molecule has 0 aliphatic carbocycles. The average molecular weight is 358 g/mol. The van der Waals surface area contributed by atoms with Gasteiger partial charge < -0.3 is 50.0 Å². The summed E-state index contributed by atoms with van der Waals surface area (Å²) >= 11 is 0. The van der Waals surface area contributed by atoms with Gasteiger partial charge in [0.15, 0.2) is 18.2 Å². The number of hydrogen-bond acceptors (Lipinski definition) is 10. The summed E-state index contributed by atoms with van der Waals surface area (Å²) in [6.07, 6.45) is -15.6. The SMILES string of the molecule is C[C@]1(O[C@H]2O[C@H](CO)[C@@H](O)[C@H](F)[C@H]2O)O[C@H](CO)[C@@H](O)[C@H](O)[C@H]1O. The van der Waals surface area contributed by atoms with E-state index in [9.17, 15) is 35.0 Å². The van der Waals surface area contributed by atoms with Gasteiger partial charge >= 0.3 is 0 Å². The average Bonchev–Trinajstić information content (AvgIpc) is 2.57. The molecule has 11 heteroatoms. The second-order valence-corrected chi connectivity index (χ2v) is 6.05. The molecule has 2 aliphatic heterocycles. The van der Waals surface area contributed by atoms with Gasteiger partial charge in [-0.25, -0.2) is 4.39 Å². The van der Waals surface area contributed by atoms with E-state index in [4.69, 9.17) is 19.3 Å². The predicted octanol–water partition coefficient (Wildman–Crippen LogP) is -4.03. The maximum absolute atomic E-state index is 13.9. The van der Waals surface area contributed by atoms with Gasteiger partial charge in [-0.2, -0.15) is 0 Å². The molecule has 142 valence electrons. The van der Waals surface area contributed by atoms with E-state index < -0.39 is 74.2 Å². The van der Waals surface area contributed by atoms with Gasteiger partial charge in [-0.1, -0.05) is 0 Å². The molecule has 0 unspecified atom stereocenters. The van der Waals surface area contributed by atoms with E-state index >= 15 is 0 Å². The van der Waals surface area contributed by atoms with Gasteiger partial charge in [0.2, 0.25) is 0 Å². The van der Waals surface area contributed by atoms with E-state index in [-0.39, 0.29) is 0 Å². The van der Waals surface area contributed by atoms with Gasteiger partial charge in [-0.15, -0.1) is 0 Å². The Labute approximate surface area is 136 Å². The first kappa shape index (κ1) is 19.8. The molecule has 10 nitrogen and oxygen atoms in total. The zero-order valence-corrected chi connectivity index (χ0v) is 12.8. The van der Waals surface area contributed by atoms with Crippen molar-refractivity contribution in [2.75, 3.05) is 13.2 Å². The highest BCUT2D eigenvalue weighted by Gasteiger charge is 2.55. The molecule has 0 aromatic heterocycles. The van der Waals surface area contributed by atoms with Gasteiger partial charge in [0.25, 0.3) is 0 Å². The molecule has 2 heterocycles. The quantitative estimate of drug-likeness (QED) is 0.263. The molecule has 10 atom stereocenters. The minimum Gasteiger partial charge on any atom is -0.394 e. The van der Waals surface area contributed by atoms with Crippen molar-refractivity contribution in [1.82, 2.24) is 0 Å². The fraction of sp³-hybridized carbons (Fsp3) is 1.00. The molecule has 0 amide bonds. The van der Waals surface area contributed by atoms with E-state index in [1.54, 1.807) is 0 Å². The molecule has 0 spiro atoms. The number of ether oxygens (including phenoxy) is 3. The molecule has 2 aliphatic rings. The van der Waals surface area contributed by atoms with E-state index in [0.717, 1.165) is 6.92 Å². The number of alkyl halides is 1. The van der Waals surface area contributed by atoms with Crippen molar-refractivity contribution in [3.05, 3.63) is 0 Å². The summed E-state index contributed by atoms with van der Waals surface area (Å²) in [7, 11) is 0. The molecule has 7 N–H and O–H groups in total. The summed E-state index contributed by atoms with van der Waals surface area (Å²) in [4.78, 5) is 0. The van der Waals surface area contributed by atoms with Gasteiger partial charge in [0, 0.05) is 0 Å². The van der Waals surface area contributed by atoms with Crippen LogP contribution in [0.3, 0.4) is 0 Å². The fourth-order valence-electron chi connectivity index (χ4n) is 2.77. The number of hydrogen-bond donors (Lipinski definition) is 7. The monoisotopic (exact) mass is 358 g/mol. The van der Waals surface area contributed by atoms with Crippen molar-refractivity contribution >= 4 is 0 Å². The first-order valence-electron chi connectivity index (χ1n) is 7.43. The van der Waals surface area contributed by atoms with Crippen molar-refractivity contribution in [3.63, 3.8) is 0 Å². The molecule has 0 aromatic carbocycles. The van der Waals surface area contributed by atoms with Gasteiger partial charge in [0.05, 0.1) is 13.2 Å². The Morgan fingerprint density at radius 1 is 0.917 bits per heavy atom. The molecule has 0 aromatic rings. The molecule has 0 saturated carbocycles. The number of aliphatic hydroxyl groups is 7. The van der Waals surface area contributed by atoms with Crippen molar-refractivity contribution in [2.24, 2.45) is 0 Å². The van der Waals surface area contributed by atoms with E-state index in [1.165, 1.54) is 0 Å². The minimum absolute atomic E-state index is 0.707. The summed E-state index contributed by atoms with van der Waals surface area (Å²) in [6.45, 7) is -0.325. The van der Waals surface area contributed by atoms with Crippen LogP contribution in [0, 0.1) is 0 Å². The lowest BCUT2D eigenvalue weighted by atomic mass is 9.93. The van der Waals surface area contributed by atoms with Crippen LogP contribution in [0.4, 0.5) is 4.39 Å². The first-order chi connectivity index (χ1) is 11.2. The number of halogens is 1. The van der Waals surface area contributed by atoms with Crippen LogP contribution < -0.4 is 0 Å². The lowest BCUT2D eigenvalue weighted by molar-refractivity contribution is -0.414. The number of rotatable bonds is 4. The van der Waals surface area contributed by atoms with Crippen molar-refractivity contribution < 1.29 is 54.3 Å². The Bertz CT molecular complexity index is 424. The lowest BCUT2D eigenvalue weighted by Gasteiger charge is -2.49. The summed E-state index contributed by atoms with van der Waals surface area (Å²) in [5.74, 6) is -2.07. The fourth-order valence-corrected chi connectivity index (χ4v) is 2.77. The largest absolute Gasteiger partial charge is 0.394 e. The third-order valence-corrected chi connectivity index (χ3v) is 4.31. The molecular weight excluding hydrogens is 335 g/mol. The summed E-state index contributed by atoms with van der Waals surface area (Å²) in [5.41, 5.74) is 0. The summed E-state index contributed by atoms with van der Waals surface area (Å²) in [6, 6.07) is 0. The Balaban J connectivity index is 2.18. The smallest absolute Gasteiger partial charge is 0.197 e. The zero-order chi connectivity index (χ0) is 18.2. The van der Waals surface area contributed by atoms with Crippen LogP contribution in [0.25, 0.3) is 0 Å². The molecule has 0 bridgehead atoms. The second-order valence-electron chi connectivity index (χ2n) is 6.05. The van der Waals surface area contributed by atoms with Gasteiger partial charge in [-0.3, -0.25) is 0 Å². The minimum atomic E-state index is -2.20. The van der Waals surface area contributed by atoms with E-state index in [1.807, 2.05) is 0 Å². The summed E-state index contributed by atoms with van der Waals surface area (Å²) in [5, 5.41) is 67.2. The predicted molar refractivity (Wildman–Crippen MR) is 72.1 cm³/mol. The van der Waals surface area contributed by atoms with Gasteiger partial charge in [0.1, 0.15) is 42.7 Å². The normalized spacial score (nSPS) is 53.1.